The van der Waals surface area contributed by atoms with Crippen LogP contribution < -0.4 is 4.74 Å². The number of aliphatic hydroxyl groups is 1. The van der Waals surface area contributed by atoms with Crippen molar-refractivity contribution in [2.45, 2.75) is 6.10 Å². The van der Waals surface area contributed by atoms with E-state index in [4.69, 9.17) is 4.74 Å². The van der Waals surface area contributed by atoms with Crippen molar-refractivity contribution in [1.29, 1.82) is 0 Å². The quantitative estimate of drug-likeness (QED) is 0.832. The molecule has 0 aliphatic heterocycles. The molecule has 0 amide bonds. The average molecular weight is 258 g/mol. The standard InChI is InChI=1S/C16H15FO2/c1-2-11-19-15-6-4-3-5-14(15)16(18)12-7-9-13(17)10-8-12/h2-10,16,18H,1,11H2. The monoisotopic (exact) mass is 258 g/mol. The smallest absolute Gasteiger partial charge is 0.125 e. The predicted octanol–water partition coefficient (Wildman–Crippen LogP) is 3.47. The molecule has 0 aliphatic rings. The Bertz CT molecular complexity index is 549. The topological polar surface area (TPSA) is 29.5 Å². The van der Waals surface area contributed by atoms with Gasteiger partial charge in [0.2, 0.25) is 0 Å². The van der Waals surface area contributed by atoms with E-state index in [1.165, 1.54) is 12.1 Å². The summed E-state index contributed by atoms with van der Waals surface area (Å²) in [6.07, 6.45) is 0.794. The Morgan fingerprint density at radius 2 is 1.84 bits per heavy atom. The van der Waals surface area contributed by atoms with Crippen LogP contribution in [0, 0.1) is 5.82 Å². The van der Waals surface area contributed by atoms with Crippen LogP contribution in [0.2, 0.25) is 0 Å². The van der Waals surface area contributed by atoms with E-state index in [1.54, 1.807) is 30.3 Å². The molecule has 2 nitrogen and oxygen atoms in total. The Kier molecular flexibility index (Phi) is 4.31. The lowest BCUT2D eigenvalue weighted by atomic mass is 10.0. The highest BCUT2D eigenvalue weighted by atomic mass is 19.1. The normalized spacial score (nSPS) is 11.9. The lowest BCUT2D eigenvalue weighted by molar-refractivity contribution is 0.213. The van der Waals surface area contributed by atoms with Gasteiger partial charge in [-0.05, 0) is 23.8 Å². The third kappa shape index (κ3) is 3.20. The number of rotatable bonds is 5. The Morgan fingerprint density at radius 3 is 2.53 bits per heavy atom. The molecule has 3 heteroatoms. The van der Waals surface area contributed by atoms with Crippen molar-refractivity contribution in [2.24, 2.45) is 0 Å². The largest absolute Gasteiger partial charge is 0.489 e. The molecule has 19 heavy (non-hydrogen) atoms. The molecule has 0 aromatic heterocycles. The number of ether oxygens (including phenoxy) is 1. The first-order chi connectivity index (χ1) is 9.22. The van der Waals surface area contributed by atoms with Crippen molar-refractivity contribution in [2.75, 3.05) is 6.61 Å². The van der Waals surface area contributed by atoms with E-state index in [0.717, 1.165) is 0 Å². The van der Waals surface area contributed by atoms with E-state index in [-0.39, 0.29) is 5.82 Å². The van der Waals surface area contributed by atoms with Gasteiger partial charge in [-0.15, -0.1) is 0 Å². The molecule has 0 saturated heterocycles. The van der Waals surface area contributed by atoms with E-state index in [1.807, 2.05) is 12.1 Å². The van der Waals surface area contributed by atoms with E-state index in [9.17, 15) is 9.50 Å². The van der Waals surface area contributed by atoms with E-state index in [0.29, 0.717) is 23.5 Å². The zero-order chi connectivity index (χ0) is 13.7. The molecule has 0 radical (unpaired) electrons. The summed E-state index contributed by atoms with van der Waals surface area (Å²) in [5.74, 6) is 0.270. The predicted molar refractivity (Wildman–Crippen MR) is 72.6 cm³/mol. The Morgan fingerprint density at radius 1 is 1.16 bits per heavy atom. The maximum atomic E-state index is 12.9. The second-order valence-corrected chi connectivity index (χ2v) is 4.09. The zero-order valence-corrected chi connectivity index (χ0v) is 10.4. The molecule has 2 aromatic rings. The number of hydrogen-bond acceptors (Lipinski definition) is 2. The van der Waals surface area contributed by atoms with Gasteiger partial charge in [0.1, 0.15) is 24.3 Å². The van der Waals surface area contributed by atoms with Crippen LogP contribution >= 0.6 is 0 Å². The minimum absolute atomic E-state index is 0.327. The molecular weight excluding hydrogens is 243 g/mol. The summed E-state index contributed by atoms with van der Waals surface area (Å²) in [7, 11) is 0. The highest BCUT2D eigenvalue weighted by Crippen LogP contribution is 2.29. The zero-order valence-electron chi connectivity index (χ0n) is 10.4. The second kappa shape index (κ2) is 6.16. The molecule has 0 saturated carbocycles. The maximum absolute atomic E-state index is 12.9. The maximum Gasteiger partial charge on any atom is 0.125 e. The van der Waals surface area contributed by atoms with Gasteiger partial charge in [0.25, 0.3) is 0 Å². The van der Waals surface area contributed by atoms with Crippen LogP contribution in [0.25, 0.3) is 0 Å². The molecule has 0 spiro atoms. The lowest BCUT2D eigenvalue weighted by Gasteiger charge is -2.16. The fraction of sp³-hybridized carbons (Fsp3) is 0.125. The molecule has 2 rings (SSSR count). The second-order valence-electron chi connectivity index (χ2n) is 4.09. The SMILES string of the molecule is C=CCOc1ccccc1C(O)c1ccc(F)cc1. The number of benzene rings is 2. The van der Waals surface area contributed by atoms with Gasteiger partial charge in [-0.2, -0.15) is 0 Å². The first kappa shape index (κ1) is 13.3. The van der Waals surface area contributed by atoms with Crippen molar-refractivity contribution in [3.05, 3.63) is 78.1 Å². The van der Waals surface area contributed by atoms with Gasteiger partial charge < -0.3 is 9.84 Å². The summed E-state index contributed by atoms with van der Waals surface area (Å²) < 4.78 is 18.4. The van der Waals surface area contributed by atoms with Crippen LogP contribution in [0.1, 0.15) is 17.2 Å². The van der Waals surface area contributed by atoms with Crippen LogP contribution in [0.3, 0.4) is 0 Å². The highest BCUT2D eigenvalue weighted by Gasteiger charge is 2.15. The summed E-state index contributed by atoms with van der Waals surface area (Å²) in [6, 6.07) is 13.0. The van der Waals surface area contributed by atoms with Crippen LogP contribution in [0.15, 0.2) is 61.2 Å². The molecule has 0 heterocycles. The van der Waals surface area contributed by atoms with Crippen LogP contribution in [0.4, 0.5) is 4.39 Å². The average Bonchev–Trinajstić information content (AvgIpc) is 2.45. The molecule has 0 aliphatic carbocycles. The Labute approximate surface area is 111 Å². The van der Waals surface area contributed by atoms with E-state index in [2.05, 4.69) is 6.58 Å². The summed E-state index contributed by atoms with van der Waals surface area (Å²) in [5.41, 5.74) is 1.27. The van der Waals surface area contributed by atoms with Gasteiger partial charge in [0.15, 0.2) is 0 Å². The number of hydrogen-bond donors (Lipinski definition) is 1. The lowest BCUT2D eigenvalue weighted by Crippen LogP contribution is -2.04. The fourth-order valence-electron chi connectivity index (χ4n) is 1.81. The fourth-order valence-corrected chi connectivity index (χ4v) is 1.81. The van der Waals surface area contributed by atoms with Crippen LogP contribution in [-0.4, -0.2) is 11.7 Å². The van der Waals surface area contributed by atoms with Crippen molar-refractivity contribution >= 4 is 0 Å². The molecule has 2 aromatic carbocycles. The van der Waals surface area contributed by atoms with Gasteiger partial charge >= 0.3 is 0 Å². The number of aliphatic hydroxyl groups excluding tert-OH is 1. The van der Waals surface area contributed by atoms with Crippen molar-refractivity contribution in [3.8, 4) is 5.75 Å². The van der Waals surface area contributed by atoms with E-state index >= 15 is 0 Å². The highest BCUT2D eigenvalue weighted by molar-refractivity contribution is 5.40. The van der Waals surface area contributed by atoms with Crippen molar-refractivity contribution < 1.29 is 14.2 Å². The molecule has 0 bridgehead atoms. The Hall–Kier alpha value is -2.13. The molecular formula is C16H15FO2. The van der Waals surface area contributed by atoms with Crippen molar-refractivity contribution in [3.63, 3.8) is 0 Å². The molecule has 1 unspecified atom stereocenters. The van der Waals surface area contributed by atoms with Crippen LogP contribution in [0.5, 0.6) is 5.75 Å². The summed E-state index contributed by atoms with van der Waals surface area (Å²) in [5, 5.41) is 10.3. The minimum atomic E-state index is -0.846. The molecule has 1 N–H and O–H groups in total. The molecule has 0 fully saturated rings. The number of halogens is 1. The minimum Gasteiger partial charge on any atom is -0.489 e. The van der Waals surface area contributed by atoms with Gasteiger partial charge in [-0.3, -0.25) is 0 Å². The first-order valence-electron chi connectivity index (χ1n) is 5.98. The first-order valence-corrected chi connectivity index (χ1v) is 5.98. The van der Waals surface area contributed by atoms with Gasteiger partial charge in [0.05, 0.1) is 0 Å². The third-order valence-electron chi connectivity index (χ3n) is 2.76. The molecule has 1 atom stereocenters. The van der Waals surface area contributed by atoms with Gasteiger partial charge in [-0.1, -0.05) is 43.0 Å². The van der Waals surface area contributed by atoms with Gasteiger partial charge in [0, 0.05) is 5.56 Å². The van der Waals surface area contributed by atoms with Gasteiger partial charge in [-0.25, -0.2) is 4.39 Å². The van der Waals surface area contributed by atoms with Crippen LogP contribution in [-0.2, 0) is 0 Å². The summed E-state index contributed by atoms with van der Waals surface area (Å²) in [4.78, 5) is 0. The Balaban J connectivity index is 2.29. The van der Waals surface area contributed by atoms with E-state index < -0.39 is 6.10 Å². The summed E-state index contributed by atoms with van der Waals surface area (Å²) in [6.45, 7) is 3.96. The number of para-hydroxylation sites is 1. The molecule has 98 valence electrons. The summed E-state index contributed by atoms with van der Waals surface area (Å²) >= 11 is 0. The third-order valence-corrected chi connectivity index (χ3v) is 2.76. The van der Waals surface area contributed by atoms with Crippen molar-refractivity contribution in [1.82, 2.24) is 0 Å².